The number of aromatic nitrogens is 1. The van der Waals surface area contributed by atoms with Crippen LogP contribution in [0.5, 0.6) is 0 Å². The van der Waals surface area contributed by atoms with E-state index in [4.69, 9.17) is 9.68 Å². The quantitative estimate of drug-likeness (QED) is 0.734. The van der Waals surface area contributed by atoms with Crippen molar-refractivity contribution in [1.29, 1.82) is 5.26 Å². The molecule has 0 aliphatic heterocycles. The number of carbonyl (C=O) groups is 1. The number of halogens is 1. The number of nitrogens with one attached hydrogen (secondary N) is 1. The Morgan fingerprint density at radius 2 is 2.16 bits per heavy atom. The average molecular weight is 315 g/mol. The molecule has 3 rings (SSSR count). The van der Waals surface area contributed by atoms with E-state index in [0.29, 0.717) is 21.4 Å². The van der Waals surface area contributed by atoms with Crippen LogP contribution in [0.3, 0.4) is 0 Å². The van der Waals surface area contributed by atoms with Crippen LogP contribution in [0, 0.1) is 11.3 Å². The lowest BCUT2D eigenvalue weighted by molar-refractivity contribution is 0.103. The van der Waals surface area contributed by atoms with Crippen molar-refractivity contribution < 1.29 is 9.21 Å². The molecule has 3 aromatic rings. The first-order chi connectivity index (χ1) is 9.20. The minimum Gasteiger partial charge on any atom is -0.457 e. The Kier molecular flexibility index (Phi) is 2.73. The van der Waals surface area contributed by atoms with Gasteiger partial charge in [0, 0.05) is 22.7 Å². The van der Waals surface area contributed by atoms with Gasteiger partial charge < -0.3 is 9.40 Å². The molecule has 0 aliphatic rings. The van der Waals surface area contributed by atoms with Gasteiger partial charge in [-0.05, 0) is 34.1 Å². The molecule has 2 aromatic heterocycles. The van der Waals surface area contributed by atoms with Gasteiger partial charge in [0.15, 0.2) is 10.5 Å². The molecule has 0 aliphatic carbocycles. The van der Waals surface area contributed by atoms with Gasteiger partial charge in [-0.1, -0.05) is 6.07 Å². The van der Waals surface area contributed by atoms with Crippen molar-refractivity contribution >= 4 is 32.6 Å². The molecular formula is C14H7BrN2O2. The largest absolute Gasteiger partial charge is 0.457 e. The van der Waals surface area contributed by atoms with Crippen LogP contribution in [0.15, 0.2) is 45.8 Å². The summed E-state index contributed by atoms with van der Waals surface area (Å²) >= 11 is 3.20. The predicted molar refractivity (Wildman–Crippen MR) is 72.9 cm³/mol. The fourth-order valence-corrected chi connectivity index (χ4v) is 2.40. The number of aromatic amines is 1. The summed E-state index contributed by atoms with van der Waals surface area (Å²) in [5.41, 5.74) is 2.35. The first kappa shape index (κ1) is 11.8. The number of rotatable bonds is 2. The van der Waals surface area contributed by atoms with Crippen LogP contribution in [0.2, 0.25) is 0 Å². The summed E-state index contributed by atoms with van der Waals surface area (Å²) in [6, 6.07) is 8.87. The Balaban J connectivity index is 2.14. The highest BCUT2D eigenvalue weighted by Crippen LogP contribution is 2.26. The van der Waals surface area contributed by atoms with Gasteiger partial charge in [0.1, 0.15) is 0 Å². The second-order valence-corrected chi connectivity index (χ2v) is 4.73. The highest BCUT2D eigenvalue weighted by atomic mass is 79.9. The number of furan rings is 1. The van der Waals surface area contributed by atoms with E-state index in [1.807, 2.05) is 0 Å². The number of hydrogen-bond acceptors (Lipinski definition) is 3. The summed E-state index contributed by atoms with van der Waals surface area (Å²) in [5, 5.41) is 9.64. The number of ketones is 1. The van der Waals surface area contributed by atoms with E-state index in [1.54, 1.807) is 30.5 Å². The first-order valence-corrected chi connectivity index (χ1v) is 6.29. The van der Waals surface area contributed by atoms with Crippen LogP contribution < -0.4 is 0 Å². The Morgan fingerprint density at radius 3 is 2.84 bits per heavy atom. The molecule has 92 valence electrons. The summed E-state index contributed by atoms with van der Waals surface area (Å²) in [7, 11) is 0. The van der Waals surface area contributed by atoms with Crippen LogP contribution in [-0.4, -0.2) is 10.8 Å². The van der Waals surface area contributed by atoms with Crippen molar-refractivity contribution in [2.75, 3.05) is 0 Å². The molecule has 1 aromatic carbocycles. The van der Waals surface area contributed by atoms with Gasteiger partial charge in [0.25, 0.3) is 0 Å². The van der Waals surface area contributed by atoms with E-state index in [2.05, 4.69) is 27.0 Å². The fourth-order valence-electron chi connectivity index (χ4n) is 1.98. The van der Waals surface area contributed by atoms with Crippen LogP contribution in [0.25, 0.3) is 10.9 Å². The van der Waals surface area contributed by atoms with Crippen molar-refractivity contribution in [2.45, 2.75) is 0 Å². The summed E-state index contributed by atoms with van der Waals surface area (Å²) in [4.78, 5) is 15.4. The standard InChI is InChI=1S/C14H7BrN2O2/c15-14-10(3-4-19-14)13(18)11-7-17-12-5-8(6-16)1-2-9(11)12/h1-5,7,17H. The normalized spacial score (nSPS) is 10.5. The molecule has 2 heterocycles. The van der Waals surface area contributed by atoms with E-state index >= 15 is 0 Å². The summed E-state index contributed by atoms with van der Waals surface area (Å²) in [5.74, 6) is -0.128. The molecule has 0 saturated heterocycles. The van der Waals surface area contributed by atoms with Crippen LogP contribution in [-0.2, 0) is 0 Å². The lowest BCUT2D eigenvalue weighted by atomic mass is 10.0. The van der Waals surface area contributed by atoms with Crippen LogP contribution in [0.4, 0.5) is 0 Å². The predicted octanol–water partition coefficient (Wildman–Crippen LogP) is 3.63. The van der Waals surface area contributed by atoms with Crippen molar-refractivity contribution in [3.8, 4) is 6.07 Å². The lowest BCUT2D eigenvalue weighted by Gasteiger charge is -1.97. The number of hydrogen-bond donors (Lipinski definition) is 1. The van der Waals surface area contributed by atoms with Gasteiger partial charge in [-0.2, -0.15) is 5.26 Å². The number of benzene rings is 1. The smallest absolute Gasteiger partial charge is 0.199 e. The lowest BCUT2D eigenvalue weighted by Crippen LogP contribution is -1.99. The maximum Gasteiger partial charge on any atom is 0.199 e. The summed E-state index contributed by atoms with van der Waals surface area (Å²) in [6.07, 6.45) is 3.10. The molecule has 0 saturated carbocycles. The minimum atomic E-state index is -0.128. The molecule has 0 radical (unpaired) electrons. The molecule has 5 heteroatoms. The minimum absolute atomic E-state index is 0.128. The van der Waals surface area contributed by atoms with E-state index in [-0.39, 0.29) is 5.78 Å². The van der Waals surface area contributed by atoms with Gasteiger partial charge >= 0.3 is 0 Å². The van der Waals surface area contributed by atoms with Crippen molar-refractivity contribution in [3.05, 3.63) is 58.1 Å². The molecular weight excluding hydrogens is 308 g/mol. The molecule has 0 atom stereocenters. The Morgan fingerprint density at radius 1 is 1.32 bits per heavy atom. The number of fused-ring (bicyclic) bond motifs is 1. The number of nitrogens with zero attached hydrogens (tertiary/aromatic N) is 1. The molecule has 0 bridgehead atoms. The van der Waals surface area contributed by atoms with Crippen molar-refractivity contribution in [1.82, 2.24) is 4.98 Å². The number of H-pyrrole nitrogens is 1. The fraction of sp³-hybridized carbons (Fsp3) is 0. The van der Waals surface area contributed by atoms with Crippen molar-refractivity contribution in [3.63, 3.8) is 0 Å². The van der Waals surface area contributed by atoms with Gasteiger partial charge in [0.05, 0.1) is 23.5 Å². The van der Waals surface area contributed by atoms with Gasteiger partial charge in [-0.25, -0.2) is 0 Å². The Labute approximate surface area is 116 Å². The second kappa shape index (κ2) is 4.41. The van der Waals surface area contributed by atoms with Crippen LogP contribution in [0.1, 0.15) is 21.5 Å². The summed E-state index contributed by atoms with van der Waals surface area (Å²) in [6.45, 7) is 0. The van der Waals surface area contributed by atoms with Crippen molar-refractivity contribution in [2.24, 2.45) is 0 Å². The van der Waals surface area contributed by atoms with Gasteiger partial charge in [0.2, 0.25) is 0 Å². The van der Waals surface area contributed by atoms with E-state index in [0.717, 1.165) is 10.9 Å². The molecule has 0 amide bonds. The topological polar surface area (TPSA) is 69.8 Å². The summed E-state index contributed by atoms with van der Waals surface area (Å²) < 4.78 is 5.49. The third-order valence-corrected chi connectivity index (χ3v) is 3.53. The molecule has 19 heavy (non-hydrogen) atoms. The molecule has 0 spiro atoms. The zero-order valence-electron chi connectivity index (χ0n) is 9.61. The number of carbonyl (C=O) groups excluding carboxylic acids is 1. The number of nitriles is 1. The van der Waals surface area contributed by atoms with Crippen LogP contribution >= 0.6 is 15.9 Å². The monoisotopic (exact) mass is 314 g/mol. The highest BCUT2D eigenvalue weighted by molar-refractivity contribution is 9.10. The highest BCUT2D eigenvalue weighted by Gasteiger charge is 2.18. The van der Waals surface area contributed by atoms with E-state index in [1.165, 1.54) is 6.26 Å². The third kappa shape index (κ3) is 1.86. The molecule has 4 nitrogen and oxygen atoms in total. The Hall–Kier alpha value is -2.32. The molecule has 0 fully saturated rings. The van der Waals surface area contributed by atoms with Gasteiger partial charge in [-0.15, -0.1) is 0 Å². The SMILES string of the molecule is N#Cc1ccc2c(C(=O)c3ccoc3Br)c[nH]c2c1. The zero-order chi connectivity index (χ0) is 13.4. The zero-order valence-corrected chi connectivity index (χ0v) is 11.2. The molecule has 0 unspecified atom stereocenters. The Bertz CT molecular complexity index is 823. The maximum atomic E-state index is 12.4. The van der Waals surface area contributed by atoms with E-state index in [9.17, 15) is 4.79 Å². The average Bonchev–Trinajstić information content (AvgIpc) is 3.03. The molecule has 1 N–H and O–H groups in total. The van der Waals surface area contributed by atoms with Gasteiger partial charge in [-0.3, -0.25) is 4.79 Å². The first-order valence-electron chi connectivity index (χ1n) is 5.49. The second-order valence-electron chi connectivity index (χ2n) is 4.01. The third-order valence-electron chi connectivity index (χ3n) is 2.92. The van der Waals surface area contributed by atoms with E-state index < -0.39 is 0 Å². The maximum absolute atomic E-state index is 12.4.